The molecule has 0 fully saturated rings. The molecule has 100 valence electrons. The second-order valence-electron chi connectivity index (χ2n) is 4.36. The summed E-state index contributed by atoms with van der Waals surface area (Å²) in [5.41, 5.74) is 3.73. The van der Waals surface area contributed by atoms with Gasteiger partial charge in [0.2, 0.25) is 5.95 Å². The standard InChI is InChI=1S/C12H16N6O/c1-7(2)9-5-8(6-10(16-9)18-13)11(19)17-12-14-3-4-15-12/h3-7H,13H2,1-2H3,(H,16,18)(H2,14,15,17,19). The maximum Gasteiger partial charge on any atom is 0.258 e. The number of carbonyl (C=O) groups excluding carboxylic acids is 1. The highest BCUT2D eigenvalue weighted by Crippen LogP contribution is 2.17. The molecule has 0 saturated heterocycles. The normalized spacial score (nSPS) is 10.5. The minimum atomic E-state index is -0.268. The minimum Gasteiger partial charge on any atom is -0.331 e. The second-order valence-corrected chi connectivity index (χ2v) is 4.36. The van der Waals surface area contributed by atoms with E-state index in [1.54, 1.807) is 24.5 Å². The van der Waals surface area contributed by atoms with Crippen LogP contribution in [0.4, 0.5) is 11.8 Å². The molecule has 7 heteroatoms. The van der Waals surface area contributed by atoms with Gasteiger partial charge in [-0.2, -0.15) is 0 Å². The number of nitrogens with one attached hydrogen (secondary N) is 3. The molecular formula is C12H16N6O. The highest BCUT2D eigenvalue weighted by Gasteiger charge is 2.12. The Morgan fingerprint density at radius 2 is 2.21 bits per heavy atom. The van der Waals surface area contributed by atoms with Crippen molar-refractivity contribution in [2.24, 2.45) is 5.84 Å². The predicted octanol–water partition coefficient (Wildman–Crippen LogP) is 1.47. The molecule has 7 nitrogen and oxygen atoms in total. The average molecular weight is 260 g/mol. The Morgan fingerprint density at radius 1 is 1.42 bits per heavy atom. The van der Waals surface area contributed by atoms with E-state index >= 15 is 0 Å². The van der Waals surface area contributed by atoms with Crippen LogP contribution in [0.2, 0.25) is 0 Å². The van der Waals surface area contributed by atoms with Gasteiger partial charge in [-0.15, -0.1) is 0 Å². The number of aromatic nitrogens is 3. The van der Waals surface area contributed by atoms with Crippen molar-refractivity contribution in [3.05, 3.63) is 35.8 Å². The zero-order valence-electron chi connectivity index (χ0n) is 10.8. The smallest absolute Gasteiger partial charge is 0.258 e. The Kier molecular flexibility index (Phi) is 3.76. The summed E-state index contributed by atoms with van der Waals surface area (Å²) in [5, 5.41) is 2.65. The van der Waals surface area contributed by atoms with Crippen molar-refractivity contribution in [1.29, 1.82) is 0 Å². The fourth-order valence-corrected chi connectivity index (χ4v) is 1.57. The summed E-state index contributed by atoms with van der Waals surface area (Å²) in [6.07, 6.45) is 3.20. The lowest BCUT2D eigenvalue weighted by molar-refractivity contribution is 0.102. The van der Waals surface area contributed by atoms with Crippen LogP contribution in [0.1, 0.15) is 35.8 Å². The molecule has 0 aliphatic heterocycles. The molecule has 19 heavy (non-hydrogen) atoms. The third-order valence-corrected chi connectivity index (χ3v) is 2.58. The highest BCUT2D eigenvalue weighted by atomic mass is 16.1. The molecule has 0 unspecified atom stereocenters. The average Bonchev–Trinajstić information content (AvgIpc) is 2.90. The van der Waals surface area contributed by atoms with Crippen LogP contribution >= 0.6 is 0 Å². The van der Waals surface area contributed by atoms with Gasteiger partial charge >= 0.3 is 0 Å². The molecular weight excluding hydrogens is 244 g/mol. The molecule has 0 spiro atoms. The Morgan fingerprint density at radius 3 is 2.79 bits per heavy atom. The zero-order chi connectivity index (χ0) is 13.8. The number of hydrogen-bond donors (Lipinski definition) is 4. The van der Waals surface area contributed by atoms with Crippen LogP contribution in [0.5, 0.6) is 0 Å². The fourth-order valence-electron chi connectivity index (χ4n) is 1.57. The van der Waals surface area contributed by atoms with E-state index in [9.17, 15) is 4.79 Å². The number of hydrogen-bond acceptors (Lipinski definition) is 5. The SMILES string of the molecule is CC(C)c1cc(C(=O)Nc2ncc[nH]2)cc(NN)n1. The lowest BCUT2D eigenvalue weighted by Crippen LogP contribution is -2.16. The number of anilines is 2. The van der Waals surface area contributed by atoms with Gasteiger partial charge in [0, 0.05) is 23.7 Å². The molecule has 0 atom stereocenters. The van der Waals surface area contributed by atoms with Gasteiger partial charge in [-0.05, 0) is 18.1 Å². The maximum atomic E-state index is 12.1. The van der Waals surface area contributed by atoms with Gasteiger partial charge in [0.05, 0.1) is 0 Å². The summed E-state index contributed by atoms with van der Waals surface area (Å²) in [6.45, 7) is 3.99. The third-order valence-electron chi connectivity index (χ3n) is 2.58. The molecule has 1 amide bonds. The minimum absolute atomic E-state index is 0.198. The van der Waals surface area contributed by atoms with Crippen molar-refractivity contribution >= 4 is 17.7 Å². The van der Waals surface area contributed by atoms with Crippen molar-refractivity contribution in [2.75, 3.05) is 10.7 Å². The Hall–Kier alpha value is -2.41. The number of nitrogen functional groups attached to an aromatic ring is 1. The van der Waals surface area contributed by atoms with E-state index in [0.29, 0.717) is 17.3 Å². The van der Waals surface area contributed by atoms with E-state index in [1.807, 2.05) is 13.8 Å². The Balaban J connectivity index is 2.27. The van der Waals surface area contributed by atoms with E-state index in [0.717, 1.165) is 5.69 Å². The van der Waals surface area contributed by atoms with Crippen molar-refractivity contribution in [3.8, 4) is 0 Å². The zero-order valence-corrected chi connectivity index (χ0v) is 10.8. The first-order chi connectivity index (χ1) is 9.10. The predicted molar refractivity (Wildman–Crippen MR) is 72.7 cm³/mol. The second kappa shape index (κ2) is 5.49. The lowest BCUT2D eigenvalue weighted by atomic mass is 10.1. The van der Waals surface area contributed by atoms with Gasteiger partial charge in [-0.1, -0.05) is 13.8 Å². The van der Waals surface area contributed by atoms with Crippen LogP contribution in [0.15, 0.2) is 24.5 Å². The molecule has 2 aromatic rings. The molecule has 0 aliphatic rings. The topological polar surface area (TPSA) is 109 Å². The largest absolute Gasteiger partial charge is 0.331 e. The van der Waals surface area contributed by atoms with Gasteiger partial charge in [-0.25, -0.2) is 15.8 Å². The van der Waals surface area contributed by atoms with Gasteiger partial charge < -0.3 is 10.4 Å². The monoisotopic (exact) mass is 260 g/mol. The van der Waals surface area contributed by atoms with E-state index in [4.69, 9.17) is 5.84 Å². The van der Waals surface area contributed by atoms with Crippen LogP contribution in [-0.4, -0.2) is 20.9 Å². The molecule has 5 N–H and O–H groups in total. The van der Waals surface area contributed by atoms with E-state index < -0.39 is 0 Å². The number of nitrogens with two attached hydrogens (primary N) is 1. The molecule has 0 aliphatic carbocycles. The van der Waals surface area contributed by atoms with E-state index in [-0.39, 0.29) is 11.8 Å². The van der Waals surface area contributed by atoms with Crippen molar-refractivity contribution in [3.63, 3.8) is 0 Å². The highest BCUT2D eigenvalue weighted by molar-refractivity contribution is 6.03. The number of carbonyl (C=O) groups is 1. The number of aromatic amines is 1. The third kappa shape index (κ3) is 3.08. The Bertz CT molecular complexity index is 564. The first-order valence-electron chi connectivity index (χ1n) is 5.89. The number of nitrogens with zero attached hydrogens (tertiary/aromatic N) is 2. The van der Waals surface area contributed by atoms with Crippen LogP contribution in [-0.2, 0) is 0 Å². The summed E-state index contributed by atoms with van der Waals surface area (Å²) in [5.74, 6) is 6.14. The summed E-state index contributed by atoms with van der Waals surface area (Å²) in [4.78, 5) is 23.1. The van der Waals surface area contributed by atoms with Gasteiger partial charge in [-0.3, -0.25) is 10.1 Å². The molecule has 0 saturated carbocycles. The summed E-state index contributed by atoms with van der Waals surface area (Å²) < 4.78 is 0. The molecule has 2 aromatic heterocycles. The molecule has 2 rings (SSSR count). The fraction of sp³-hybridized carbons (Fsp3) is 0.250. The van der Waals surface area contributed by atoms with Gasteiger partial charge in [0.25, 0.3) is 5.91 Å². The summed E-state index contributed by atoms with van der Waals surface area (Å²) in [7, 11) is 0. The van der Waals surface area contributed by atoms with Crippen LogP contribution in [0, 0.1) is 0 Å². The molecule has 0 bridgehead atoms. The first kappa shape index (κ1) is 13.0. The number of imidazole rings is 1. The van der Waals surface area contributed by atoms with Crippen LogP contribution < -0.4 is 16.6 Å². The van der Waals surface area contributed by atoms with Crippen molar-refractivity contribution in [1.82, 2.24) is 15.0 Å². The Labute approximate surface area is 110 Å². The number of H-pyrrole nitrogens is 1. The first-order valence-corrected chi connectivity index (χ1v) is 5.89. The van der Waals surface area contributed by atoms with E-state index in [2.05, 4.69) is 25.7 Å². The quantitative estimate of drug-likeness (QED) is 0.491. The van der Waals surface area contributed by atoms with E-state index in [1.165, 1.54) is 0 Å². The van der Waals surface area contributed by atoms with Crippen molar-refractivity contribution in [2.45, 2.75) is 19.8 Å². The van der Waals surface area contributed by atoms with Crippen molar-refractivity contribution < 1.29 is 4.79 Å². The number of pyridine rings is 1. The number of rotatable bonds is 4. The van der Waals surface area contributed by atoms with Crippen LogP contribution in [0.25, 0.3) is 0 Å². The summed E-state index contributed by atoms with van der Waals surface area (Å²) in [6, 6.07) is 3.33. The maximum absolute atomic E-state index is 12.1. The van der Waals surface area contributed by atoms with Gasteiger partial charge in [0.15, 0.2) is 0 Å². The lowest BCUT2D eigenvalue weighted by Gasteiger charge is -2.10. The van der Waals surface area contributed by atoms with Gasteiger partial charge in [0.1, 0.15) is 5.82 Å². The molecule has 0 radical (unpaired) electrons. The number of hydrazine groups is 1. The summed E-state index contributed by atoms with van der Waals surface area (Å²) >= 11 is 0. The molecule has 2 heterocycles. The van der Waals surface area contributed by atoms with Crippen LogP contribution in [0.3, 0.4) is 0 Å². The number of amides is 1. The molecule has 0 aromatic carbocycles.